The molecule has 0 aromatic rings. The first-order valence-electron chi connectivity index (χ1n) is 6.35. The number of hydrogen-bond acceptors (Lipinski definition) is 5. The van der Waals surface area contributed by atoms with Gasteiger partial charge in [0.25, 0.3) is 0 Å². The van der Waals surface area contributed by atoms with Gasteiger partial charge in [-0.2, -0.15) is 0 Å². The molecule has 0 aliphatic rings. The van der Waals surface area contributed by atoms with Crippen molar-refractivity contribution >= 4 is 5.97 Å². The van der Waals surface area contributed by atoms with Crippen LogP contribution in [0.5, 0.6) is 0 Å². The average molecular weight is 260 g/mol. The monoisotopic (exact) mass is 260 g/mol. The lowest BCUT2D eigenvalue weighted by Gasteiger charge is -2.17. The molecule has 0 aliphatic carbocycles. The molecule has 106 valence electrons. The third-order valence-electron chi connectivity index (χ3n) is 2.73. The summed E-state index contributed by atoms with van der Waals surface area (Å²) in [5.41, 5.74) is 0.349. The molecule has 5 nitrogen and oxygen atoms in total. The van der Waals surface area contributed by atoms with E-state index in [1.165, 1.54) is 0 Å². The van der Waals surface area contributed by atoms with E-state index in [1.807, 2.05) is 0 Å². The fourth-order valence-corrected chi connectivity index (χ4v) is 1.62. The van der Waals surface area contributed by atoms with Crippen molar-refractivity contribution in [3.63, 3.8) is 0 Å². The maximum absolute atomic E-state index is 11.7. The number of carbonyl (C=O) groups is 1. The topological polar surface area (TPSA) is 87.0 Å². The normalized spacial score (nSPS) is 12.2. The van der Waals surface area contributed by atoms with Crippen molar-refractivity contribution in [1.29, 1.82) is 0 Å². The molecule has 3 N–H and O–H groups in total. The van der Waals surface area contributed by atoms with Crippen LogP contribution in [0.15, 0.2) is 12.2 Å². The van der Waals surface area contributed by atoms with Crippen molar-refractivity contribution in [3.8, 4) is 0 Å². The molecule has 5 heteroatoms. The summed E-state index contributed by atoms with van der Waals surface area (Å²) in [5, 5.41) is 26.3. The van der Waals surface area contributed by atoms with E-state index in [1.54, 1.807) is 0 Å². The van der Waals surface area contributed by atoms with Crippen molar-refractivity contribution in [2.45, 2.75) is 32.1 Å². The number of esters is 1. The number of carbonyl (C=O) groups excluding carboxylic acids is 1. The quantitative estimate of drug-likeness (QED) is 0.288. The minimum Gasteiger partial charge on any atom is -0.462 e. The van der Waals surface area contributed by atoms with Gasteiger partial charge < -0.3 is 20.1 Å². The molecule has 0 rings (SSSR count). The molecule has 18 heavy (non-hydrogen) atoms. The summed E-state index contributed by atoms with van der Waals surface area (Å²) in [4.78, 5) is 11.7. The Kier molecular flexibility index (Phi) is 10.6. The maximum Gasteiger partial charge on any atom is 0.333 e. The van der Waals surface area contributed by atoms with Crippen LogP contribution in [0.1, 0.15) is 32.1 Å². The molecule has 0 spiro atoms. The third kappa shape index (κ3) is 7.42. The largest absolute Gasteiger partial charge is 0.462 e. The second kappa shape index (κ2) is 11.2. The van der Waals surface area contributed by atoms with E-state index >= 15 is 0 Å². The van der Waals surface area contributed by atoms with E-state index in [0.29, 0.717) is 37.7 Å². The summed E-state index contributed by atoms with van der Waals surface area (Å²) in [7, 11) is 0. The molecule has 0 fully saturated rings. The predicted octanol–water partition coefficient (Wildman–Crippen LogP) is 0.629. The van der Waals surface area contributed by atoms with Gasteiger partial charge in [-0.3, -0.25) is 0 Å². The molecule has 0 amide bonds. The van der Waals surface area contributed by atoms with Crippen LogP contribution in [-0.4, -0.2) is 47.7 Å². The summed E-state index contributed by atoms with van der Waals surface area (Å²) in [5.74, 6) is -0.600. The summed E-state index contributed by atoms with van der Waals surface area (Å²) in [6.45, 7) is 4.10. The van der Waals surface area contributed by atoms with E-state index in [4.69, 9.17) is 20.1 Å². The van der Waals surface area contributed by atoms with Gasteiger partial charge >= 0.3 is 5.97 Å². The standard InChI is InChI=1S/C13H24O5/c1-11(12(6-9-16)5-4-8-15)13(17)18-10-3-2-7-14/h12,14-16H,1-10H2. The molecule has 0 bridgehead atoms. The molecular formula is C13H24O5. The van der Waals surface area contributed by atoms with Gasteiger partial charge in [-0.15, -0.1) is 0 Å². The van der Waals surface area contributed by atoms with Gasteiger partial charge in [-0.05, 0) is 38.0 Å². The third-order valence-corrected chi connectivity index (χ3v) is 2.73. The lowest BCUT2D eigenvalue weighted by Crippen LogP contribution is -2.17. The molecule has 0 aromatic heterocycles. The van der Waals surface area contributed by atoms with Crippen molar-refractivity contribution < 1.29 is 24.9 Å². The fourth-order valence-electron chi connectivity index (χ4n) is 1.62. The van der Waals surface area contributed by atoms with Crippen LogP contribution in [0.2, 0.25) is 0 Å². The molecule has 0 aromatic carbocycles. The van der Waals surface area contributed by atoms with Crippen LogP contribution in [0, 0.1) is 5.92 Å². The highest BCUT2D eigenvalue weighted by atomic mass is 16.5. The molecule has 0 saturated heterocycles. The second-order valence-electron chi connectivity index (χ2n) is 4.17. The first-order valence-corrected chi connectivity index (χ1v) is 6.35. The van der Waals surface area contributed by atoms with Crippen molar-refractivity contribution in [2.75, 3.05) is 26.4 Å². The van der Waals surface area contributed by atoms with Gasteiger partial charge in [-0.1, -0.05) is 6.58 Å². The Hall–Kier alpha value is -0.910. The zero-order chi connectivity index (χ0) is 13.8. The molecule has 0 aliphatic heterocycles. The SMILES string of the molecule is C=C(C(=O)OCCCCO)C(CCO)CCCO. The van der Waals surface area contributed by atoms with Gasteiger partial charge in [0.15, 0.2) is 0 Å². The zero-order valence-electron chi connectivity index (χ0n) is 10.8. The minimum atomic E-state index is -0.454. The number of unbranched alkanes of at least 4 members (excludes halogenated alkanes) is 1. The molecular weight excluding hydrogens is 236 g/mol. The highest BCUT2D eigenvalue weighted by molar-refractivity contribution is 5.88. The Morgan fingerprint density at radius 1 is 1.00 bits per heavy atom. The predicted molar refractivity (Wildman–Crippen MR) is 67.9 cm³/mol. The lowest BCUT2D eigenvalue weighted by molar-refractivity contribution is -0.139. The average Bonchev–Trinajstić information content (AvgIpc) is 2.38. The van der Waals surface area contributed by atoms with Gasteiger partial charge in [0.2, 0.25) is 0 Å². The first-order chi connectivity index (χ1) is 8.67. The Bertz CT molecular complexity index is 240. The van der Waals surface area contributed by atoms with Crippen LogP contribution in [-0.2, 0) is 9.53 Å². The van der Waals surface area contributed by atoms with Crippen LogP contribution in [0.3, 0.4) is 0 Å². The highest BCUT2D eigenvalue weighted by Gasteiger charge is 2.19. The Balaban J connectivity index is 4.07. The highest BCUT2D eigenvalue weighted by Crippen LogP contribution is 2.20. The van der Waals surface area contributed by atoms with Crippen molar-refractivity contribution in [1.82, 2.24) is 0 Å². The van der Waals surface area contributed by atoms with E-state index in [2.05, 4.69) is 6.58 Å². The van der Waals surface area contributed by atoms with Gasteiger partial charge in [0.05, 0.1) is 6.61 Å². The van der Waals surface area contributed by atoms with Crippen LogP contribution < -0.4 is 0 Å². The van der Waals surface area contributed by atoms with Crippen molar-refractivity contribution in [2.24, 2.45) is 5.92 Å². The number of aliphatic hydroxyl groups excluding tert-OH is 3. The molecule has 0 radical (unpaired) electrons. The smallest absolute Gasteiger partial charge is 0.333 e. The molecule has 0 saturated carbocycles. The Morgan fingerprint density at radius 2 is 1.67 bits per heavy atom. The zero-order valence-corrected chi connectivity index (χ0v) is 10.8. The fraction of sp³-hybridized carbons (Fsp3) is 0.769. The molecule has 1 atom stereocenters. The number of hydrogen-bond donors (Lipinski definition) is 3. The molecule has 1 unspecified atom stereocenters. The summed E-state index contributed by atoms with van der Waals surface area (Å²) in [6.07, 6.45) is 2.86. The first kappa shape index (κ1) is 17.1. The van der Waals surface area contributed by atoms with Crippen molar-refractivity contribution in [3.05, 3.63) is 12.2 Å². The molecule has 0 heterocycles. The number of rotatable bonds is 11. The number of aliphatic hydroxyl groups is 3. The summed E-state index contributed by atoms with van der Waals surface area (Å²) < 4.78 is 5.02. The van der Waals surface area contributed by atoms with Gasteiger partial charge in [0, 0.05) is 25.4 Å². The second-order valence-corrected chi connectivity index (χ2v) is 4.17. The van der Waals surface area contributed by atoms with Gasteiger partial charge in [0.1, 0.15) is 0 Å². The van der Waals surface area contributed by atoms with Crippen LogP contribution in [0.4, 0.5) is 0 Å². The van der Waals surface area contributed by atoms with E-state index in [0.717, 1.165) is 0 Å². The van der Waals surface area contributed by atoms with E-state index in [-0.39, 0.29) is 32.3 Å². The maximum atomic E-state index is 11.7. The van der Waals surface area contributed by atoms with Crippen LogP contribution in [0.25, 0.3) is 0 Å². The van der Waals surface area contributed by atoms with E-state index in [9.17, 15) is 4.79 Å². The Morgan fingerprint density at radius 3 is 2.22 bits per heavy atom. The lowest BCUT2D eigenvalue weighted by atomic mass is 9.92. The van der Waals surface area contributed by atoms with Crippen LogP contribution >= 0.6 is 0 Å². The minimum absolute atomic E-state index is 0.0209. The van der Waals surface area contributed by atoms with Gasteiger partial charge in [-0.25, -0.2) is 4.79 Å². The summed E-state index contributed by atoms with van der Waals surface area (Å²) >= 11 is 0. The Labute approximate surface area is 108 Å². The summed E-state index contributed by atoms with van der Waals surface area (Å²) in [6, 6.07) is 0. The number of ether oxygens (including phenoxy) is 1. The van der Waals surface area contributed by atoms with E-state index < -0.39 is 5.97 Å².